The van der Waals surface area contributed by atoms with Crippen LogP contribution in [0.25, 0.3) is 16.9 Å². The molecule has 11 nitrogen and oxygen atoms in total. The molecular formula is C27H16N6O5. The summed E-state index contributed by atoms with van der Waals surface area (Å²) in [4.78, 5) is 40.1. The molecule has 0 fully saturated rings. The maximum absolute atomic E-state index is 12.9. The molecule has 2 heterocycles. The number of benzene rings is 3. The molecule has 0 spiro atoms. The lowest BCUT2D eigenvalue weighted by Gasteiger charge is -2.06. The van der Waals surface area contributed by atoms with Gasteiger partial charge in [-0.3, -0.25) is 19.7 Å². The lowest BCUT2D eigenvalue weighted by atomic mass is 10.0. The predicted octanol–water partition coefficient (Wildman–Crippen LogP) is 4.37. The number of fused-ring (bicyclic) bond motifs is 1. The lowest BCUT2D eigenvalue weighted by Crippen LogP contribution is -2.11. The van der Waals surface area contributed by atoms with Crippen LogP contribution in [0.2, 0.25) is 0 Å². The smallest absolute Gasteiger partial charge is 0.270 e. The van der Waals surface area contributed by atoms with Crippen molar-refractivity contribution in [2.24, 2.45) is 0 Å². The van der Waals surface area contributed by atoms with Crippen molar-refractivity contribution in [1.82, 2.24) is 14.6 Å². The Morgan fingerprint density at radius 2 is 1.74 bits per heavy atom. The standard InChI is InChI=1S/C27H16N6O5/c28-13-16-1-7-20(8-2-16)30-27(36)18-5-3-17(4-6-18)23-12-25-29-14-19(15-32(25)31-23)26(35)22-11-21(33(37)38)9-10-24(22)34/h1-12,14-15,34H,(H,30,36). The van der Waals surface area contributed by atoms with Crippen molar-refractivity contribution in [3.05, 3.63) is 118 Å². The zero-order valence-electron chi connectivity index (χ0n) is 19.4. The van der Waals surface area contributed by atoms with Crippen LogP contribution in [0.1, 0.15) is 31.8 Å². The molecule has 0 unspecified atom stereocenters. The van der Waals surface area contributed by atoms with Crippen molar-refractivity contribution in [3.8, 4) is 23.1 Å². The Kier molecular flexibility index (Phi) is 6.04. The molecule has 5 aromatic rings. The highest BCUT2D eigenvalue weighted by atomic mass is 16.6. The third-order valence-electron chi connectivity index (χ3n) is 5.73. The number of non-ortho nitro benzene ring substituents is 1. The Hall–Kier alpha value is -5.89. The summed E-state index contributed by atoms with van der Waals surface area (Å²) in [5, 5.41) is 37.2. The van der Waals surface area contributed by atoms with Gasteiger partial charge in [-0.15, -0.1) is 0 Å². The summed E-state index contributed by atoms with van der Waals surface area (Å²) >= 11 is 0. The van der Waals surface area contributed by atoms with Gasteiger partial charge in [-0.1, -0.05) is 12.1 Å². The van der Waals surface area contributed by atoms with Crippen LogP contribution in [0, 0.1) is 21.4 Å². The zero-order valence-corrected chi connectivity index (χ0v) is 19.4. The van der Waals surface area contributed by atoms with Crippen molar-refractivity contribution in [1.29, 1.82) is 5.26 Å². The predicted molar refractivity (Wildman–Crippen MR) is 136 cm³/mol. The Morgan fingerprint density at radius 1 is 1.00 bits per heavy atom. The Labute approximate surface area is 214 Å². The summed E-state index contributed by atoms with van der Waals surface area (Å²) < 4.78 is 1.39. The van der Waals surface area contributed by atoms with Gasteiger partial charge in [-0.25, -0.2) is 9.50 Å². The first-order valence-electron chi connectivity index (χ1n) is 11.1. The van der Waals surface area contributed by atoms with Gasteiger partial charge in [-0.2, -0.15) is 10.4 Å². The molecule has 0 aliphatic carbocycles. The van der Waals surface area contributed by atoms with Gasteiger partial charge in [-0.05, 0) is 42.5 Å². The highest BCUT2D eigenvalue weighted by molar-refractivity contribution is 6.10. The Bertz CT molecular complexity index is 1770. The van der Waals surface area contributed by atoms with Gasteiger partial charge in [0.2, 0.25) is 0 Å². The number of aromatic nitrogens is 3. The highest BCUT2D eigenvalue weighted by Crippen LogP contribution is 2.26. The summed E-state index contributed by atoms with van der Waals surface area (Å²) in [6.07, 6.45) is 2.73. The number of nitrogens with zero attached hydrogens (tertiary/aromatic N) is 5. The molecule has 38 heavy (non-hydrogen) atoms. The number of anilines is 1. The normalized spacial score (nSPS) is 10.6. The van der Waals surface area contributed by atoms with Crippen LogP contribution in [-0.2, 0) is 0 Å². The van der Waals surface area contributed by atoms with Crippen molar-refractivity contribution < 1.29 is 19.6 Å². The third kappa shape index (κ3) is 4.65. The van der Waals surface area contributed by atoms with E-state index in [1.54, 1.807) is 54.6 Å². The van der Waals surface area contributed by atoms with Gasteiger partial charge in [0, 0.05) is 47.4 Å². The fraction of sp³-hybridized carbons (Fsp3) is 0. The van der Waals surface area contributed by atoms with E-state index in [1.807, 2.05) is 6.07 Å². The van der Waals surface area contributed by atoms with E-state index in [0.29, 0.717) is 33.7 Å². The van der Waals surface area contributed by atoms with Crippen molar-refractivity contribution in [3.63, 3.8) is 0 Å². The van der Waals surface area contributed by atoms with E-state index in [1.165, 1.54) is 16.9 Å². The van der Waals surface area contributed by atoms with E-state index in [2.05, 4.69) is 15.4 Å². The number of phenols is 1. The van der Waals surface area contributed by atoms with E-state index in [0.717, 1.165) is 18.2 Å². The molecule has 2 N–H and O–H groups in total. The molecule has 3 aromatic carbocycles. The molecule has 5 rings (SSSR count). The maximum atomic E-state index is 12.9. The van der Waals surface area contributed by atoms with Crippen LogP contribution < -0.4 is 5.32 Å². The van der Waals surface area contributed by atoms with E-state index in [-0.39, 0.29) is 28.5 Å². The summed E-state index contributed by atoms with van der Waals surface area (Å²) in [5.74, 6) is -1.34. The van der Waals surface area contributed by atoms with Crippen LogP contribution in [-0.4, -0.2) is 36.3 Å². The molecule has 0 aliphatic heterocycles. The van der Waals surface area contributed by atoms with Gasteiger partial charge < -0.3 is 10.4 Å². The monoisotopic (exact) mass is 504 g/mol. The van der Waals surface area contributed by atoms with Gasteiger partial charge >= 0.3 is 0 Å². The number of carbonyl (C=O) groups excluding carboxylic acids is 2. The first-order valence-corrected chi connectivity index (χ1v) is 11.1. The van der Waals surface area contributed by atoms with Gasteiger partial charge in [0.25, 0.3) is 11.6 Å². The number of rotatable bonds is 6. The molecule has 0 bridgehead atoms. The largest absolute Gasteiger partial charge is 0.507 e. The van der Waals surface area contributed by atoms with E-state index in [4.69, 9.17) is 5.26 Å². The number of ketones is 1. The molecule has 0 saturated carbocycles. The number of aromatic hydroxyl groups is 1. The summed E-state index contributed by atoms with van der Waals surface area (Å²) in [6, 6.07) is 20.2. The second kappa shape index (κ2) is 9.63. The molecule has 0 radical (unpaired) electrons. The fourth-order valence-electron chi connectivity index (χ4n) is 3.73. The van der Waals surface area contributed by atoms with Crippen molar-refractivity contribution in [2.75, 3.05) is 5.32 Å². The molecule has 184 valence electrons. The number of nitriles is 1. The number of hydrogen-bond donors (Lipinski definition) is 2. The first kappa shape index (κ1) is 23.8. The van der Waals surface area contributed by atoms with Crippen LogP contribution in [0.15, 0.2) is 85.2 Å². The second-order valence-corrected chi connectivity index (χ2v) is 8.18. The van der Waals surface area contributed by atoms with Gasteiger partial charge in [0.05, 0.1) is 33.4 Å². The highest BCUT2D eigenvalue weighted by Gasteiger charge is 2.19. The molecule has 0 aliphatic rings. The van der Waals surface area contributed by atoms with Crippen LogP contribution in [0.5, 0.6) is 5.75 Å². The molecule has 11 heteroatoms. The Balaban J connectivity index is 1.36. The maximum Gasteiger partial charge on any atom is 0.270 e. The number of nitro benzene ring substituents is 1. The quantitative estimate of drug-likeness (QED) is 0.196. The van der Waals surface area contributed by atoms with Crippen molar-refractivity contribution >= 4 is 28.7 Å². The number of nitrogens with one attached hydrogen (secondary N) is 1. The average molecular weight is 504 g/mol. The van der Waals surface area contributed by atoms with E-state index in [9.17, 15) is 24.8 Å². The summed E-state index contributed by atoms with van der Waals surface area (Å²) in [6.45, 7) is 0. The number of nitro groups is 1. The van der Waals surface area contributed by atoms with Gasteiger partial charge in [0.1, 0.15) is 5.75 Å². The van der Waals surface area contributed by atoms with Crippen LogP contribution >= 0.6 is 0 Å². The number of phenolic OH excluding ortho intramolecular Hbond substituents is 1. The topological polar surface area (TPSA) is 164 Å². The minimum absolute atomic E-state index is 0.0813. The SMILES string of the molecule is N#Cc1ccc(NC(=O)c2ccc(-c3cc4ncc(C(=O)c5cc([N+](=O)[O-])ccc5O)cn4n3)cc2)cc1. The minimum Gasteiger partial charge on any atom is -0.507 e. The zero-order chi connectivity index (χ0) is 26.8. The van der Waals surface area contributed by atoms with Crippen LogP contribution in [0.3, 0.4) is 0 Å². The number of carbonyl (C=O) groups is 2. The number of hydrogen-bond acceptors (Lipinski definition) is 8. The summed E-state index contributed by atoms with van der Waals surface area (Å²) in [7, 11) is 0. The lowest BCUT2D eigenvalue weighted by molar-refractivity contribution is -0.384. The fourth-order valence-corrected chi connectivity index (χ4v) is 3.73. The Morgan fingerprint density at radius 3 is 2.42 bits per heavy atom. The molecular weight excluding hydrogens is 488 g/mol. The van der Waals surface area contributed by atoms with Crippen molar-refractivity contribution in [2.45, 2.75) is 0 Å². The first-order chi connectivity index (χ1) is 18.3. The molecule has 0 saturated heterocycles. The molecule has 1 amide bonds. The number of amides is 1. The third-order valence-corrected chi connectivity index (χ3v) is 5.73. The minimum atomic E-state index is -0.653. The van der Waals surface area contributed by atoms with E-state index >= 15 is 0 Å². The summed E-state index contributed by atoms with van der Waals surface area (Å²) in [5.41, 5.74) is 2.71. The second-order valence-electron chi connectivity index (χ2n) is 8.18. The van der Waals surface area contributed by atoms with Crippen LogP contribution in [0.4, 0.5) is 11.4 Å². The molecule has 0 atom stereocenters. The van der Waals surface area contributed by atoms with E-state index < -0.39 is 10.7 Å². The van der Waals surface area contributed by atoms with Gasteiger partial charge in [0.15, 0.2) is 11.4 Å². The molecule has 2 aromatic heterocycles. The average Bonchev–Trinajstić information content (AvgIpc) is 3.37.